The number of fused-ring (bicyclic) bond motifs is 1. The summed E-state index contributed by atoms with van der Waals surface area (Å²) in [5.41, 5.74) is 7.55. The van der Waals surface area contributed by atoms with E-state index >= 15 is 0 Å². The highest BCUT2D eigenvalue weighted by Crippen LogP contribution is 2.29. The minimum atomic E-state index is -0.537. The standard InChI is InChI=1S/C22H23N3O6/c1-3-30-21(28)12-31-16-5-7-18(19(26)9-16)20(27)11-25-10-14-8-15(24-13(2)23)4-6-17(14)22(25)29/h4-9,26H,3,10-12H2,1-2H3,(H2,23,24). The molecule has 162 valence electrons. The zero-order valence-corrected chi connectivity index (χ0v) is 17.3. The third-order valence-electron chi connectivity index (χ3n) is 4.54. The summed E-state index contributed by atoms with van der Waals surface area (Å²) in [6.07, 6.45) is 0. The number of benzene rings is 2. The molecular formula is C22H23N3O6. The summed E-state index contributed by atoms with van der Waals surface area (Å²) in [6.45, 7) is 3.34. The highest BCUT2D eigenvalue weighted by atomic mass is 16.6. The Morgan fingerprint density at radius 1 is 1.23 bits per heavy atom. The first kappa shape index (κ1) is 21.8. The maximum atomic E-state index is 12.7. The lowest BCUT2D eigenvalue weighted by Crippen LogP contribution is -2.30. The molecule has 31 heavy (non-hydrogen) atoms. The van der Waals surface area contributed by atoms with Crippen molar-refractivity contribution in [3.63, 3.8) is 0 Å². The molecule has 0 spiro atoms. The van der Waals surface area contributed by atoms with Crippen molar-refractivity contribution in [1.29, 1.82) is 0 Å². The average Bonchev–Trinajstić information content (AvgIpc) is 3.01. The number of phenolic OH excluding ortho intramolecular Hbond substituents is 1. The van der Waals surface area contributed by atoms with Gasteiger partial charge in [0.1, 0.15) is 11.5 Å². The molecular weight excluding hydrogens is 402 g/mol. The van der Waals surface area contributed by atoms with Crippen LogP contribution >= 0.6 is 0 Å². The Labute approximate surface area is 179 Å². The molecule has 0 radical (unpaired) electrons. The number of hydrogen-bond donors (Lipinski definition) is 2. The molecule has 9 heteroatoms. The summed E-state index contributed by atoms with van der Waals surface area (Å²) in [4.78, 5) is 42.2. The van der Waals surface area contributed by atoms with Crippen LogP contribution in [0.1, 0.15) is 40.1 Å². The van der Waals surface area contributed by atoms with Crippen molar-refractivity contribution in [3.8, 4) is 11.5 Å². The highest BCUT2D eigenvalue weighted by Gasteiger charge is 2.29. The predicted molar refractivity (Wildman–Crippen MR) is 113 cm³/mol. The highest BCUT2D eigenvalue weighted by molar-refractivity contribution is 6.05. The molecule has 1 heterocycles. The van der Waals surface area contributed by atoms with Crippen molar-refractivity contribution < 1.29 is 29.0 Å². The molecule has 2 aromatic rings. The molecule has 1 aliphatic heterocycles. The van der Waals surface area contributed by atoms with Gasteiger partial charge in [0.05, 0.1) is 30.2 Å². The second kappa shape index (κ2) is 9.29. The number of carbonyl (C=O) groups is 3. The van der Waals surface area contributed by atoms with Crippen LogP contribution in [0, 0.1) is 0 Å². The number of carbonyl (C=O) groups excluding carboxylic acids is 3. The van der Waals surface area contributed by atoms with Gasteiger partial charge in [-0.15, -0.1) is 0 Å². The van der Waals surface area contributed by atoms with E-state index < -0.39 is 11.8 Å². The van der Waals surface area contributed by atoms with E-state index in [1.807, 2.05) is 0 Å². The fraction of sp³-hybridized carbons (Fsp3) is 0.273. The Balaban J connectivity index is 1.66. The third-order valence-corrected chi connectivity index (χ3v) is 4.54. The van der Waals surface area contributed by atoms with Gasteiger partial charge in [0.25, 0.3) is 5.91 Å². The number of Topliss-reactive ketones (excluding diaryl/α,β-unsaturated/α-hetero) is 1. The number of amides is 1. The summed E-state index contributed by atoms with van der Waals surface area (Å²) >= 11 is 0. The Hall–Kier alpha value is -3.88. The number of aromatic hydroxyl groups is 1. The van der Waals surface area contributed by atoms with Crippen molar-refractivity contribution in [1.82, 2.24) is 4.90 Å². The van der Waals surface area contributed by atoms with Gasteiger partial charge < -0.3 is 25.2 Å². The summed E-state index contributed by atoms with van der Waals surface area (Å²) in [6, 6.07) is 9.22. The molecule has 2 aromatic carbocycles. The summed E-state index contributed by atoms with van der Waals surface area (Å²) < 4.78 is 10.00. The van der Waals surface area contributed by atoms with E-state index in [0.29, 0.717) is 17.1 Å². The van der Waals surface area contributed by atoms with Crippen LogP contribution in [0.3, 0.4) is 0 Å². The molecule has 0 fully saturated rings. The fourth-order valence-electron chi connectivity index (χ4n) is 3.21. The maximum Gasteiger partial charge on any atom is 0.344 e. The molecule has 3 N–H and O–H groups in total. The van der Waals surface area contributed by atoms with Crippen molar-refractivity contribution in [3.05, 3.63) is 53.1 Å². The Morgan fingerprint density at radius 2 is 2.00 bits per heavy atom. The number of esters is 1. The first-order chi connectivity index (χ1) is 14.8. The van der Waals surface area contributed by atoms with Gasteiger partial charge in [0, 0.05) is 18.2 Å². The average molecular weight is 425 g/mol. The van der Waals surface area contributed by atoms with E-state index in [1.165, 1.54) is 23.1 Å². The predicted octanol–water partition coefficient (Wildman–Crippen LogP) is 2.18. The maximum absolute atomic E-state index is 12.7. The molecule has 1 amide bonds. The third kappa shape index (κ3) is 5.19. The quantitative estimate of drug-likeness (QED) is 0.287. The van der Waals surface area contributed by atoms with Gasteiger partial charge in [-0.05, 0) is 49.7 Å². The number of ether oxygens (including phenoxy) is 2. The van der Waals surface area contributed by atoms with Gasteiger partial charge in [-0.2, -0.15) is 0 Å². The van der Waals surface area contributed by atoms with Crippen LogP contribution in [0.5, 0.6) is 11.5 Å². The van der Waals surface area contributed by atoms with Gasteiger partial charge in [-0.3, -0.25) is 9.59 Å². The van der Waals surface area contributed by atoms with Gasteiger partial charge in [-0.25, -0.2) is 9.79 Å². The molecule has 0 saturated heterocycles. The molecule has 0 aromatic heterocycles. The topological polar surface area (TPSA) is 132 Å². The zero-order chi connectivity index (χ0) is 22.5. The number of aliphatic imine (C=N–C) groups is 1. The van der Waals surface area contributed by atoms with Crippen LogP contribution in [0.25, 0.3) is 0 Å². The molecule has 0 unspecified atom stereocenters. The second-order valence-electron chi connectivity index (χ2n) is 6.95. The number of ketones is 1. The van der Waals surface area contributed by atoms with Crippen LogP contribution in [0.15, 0.2) is 41.4 Å². The second-order valence-corrected chi connectivity index (χ2v) is 6.95. The minimum absolute atomic E-state index is 0.0521. The van der Waals surface area contributed by atoms with Crippen LogP contribution in [0.4, 0.5) is 5.69 Å². The Kier molecular flexibility index (Phi) is 6.54. The summed E-state index contributed by atoms with van der Waals surface area (Å²) in [5, 5.41) is 10.2. The van der Waals surface area contributed by atoms with E-state index in [9.17, 15) is 19.5 Å². The molecule has 0 aliphatic carbocycles. The van der Waals surface area contributed by atoms with Crippen molar-refractivity contribution in [2.45, 2.75) is 20.4 Å². The van der Waals surface area contributed by atoms with Gasteiger partial charge >= 0.3 is 5.97 Å². The number of rotatable bonds is 8. The molecule has 0 saturated carbocycles. The number of amidine groups is 1. The van der Waals surface area contributed by atoms with E-state index in [2.05, 4.69) is 4.99 Å². The SMILES string of the molecule is CCOC(=O)COc1ccc(C(=O)CN2Cc3cc(N=C(C)N)ccc3C2=O)c(O)c1. The number of nitrogens with zero attached hydrogens (tertiary/aromatic N) is 2. The lowest BCUT2D eigenvalue weighted by atomic mass is 10.1. The normalized spacial score (nSPS) is 13.2. The number of nitrogens with two attached hydrogens (primary N) is 1. The molecule has 0 bridgehead atoms. The monoisotopic (exact) mass is 425 g/mol. The number of hydrogen-bond acceptors (Lipinski definition) is 7. The van der Waals surface area contributed by atoms with Crippen LogP contribution in [-0.4, -0.2) is 53.3 Å². The van der Waals surface area contributed by atoms with E-state index in [1.54, 1.807) is 32.0 Å². The van der Waals surface area contributed by atoms with Crippen LogP contribution in [-0.2, 0) is 16.1 Å². The molecule has 0 atom stereocenters. The first-order valence-electron chi connectivity index (χ1n) is 9.66. The van der Waals surface area contributed by atoms with Gasteiger partial charge in [-0.1, -0.05) is 0 Å². The summed E-state index contributed by atoms with van der Waals surface area (Å²) in [7, 11) is 0. The minimum Gasteiger partial charge on any atom is -0.507 e. The Morgan fingerprint density at radius 3 is 2.68 bits per heavy atom. The van der Waals surface area contributed by atoms with E-state index in [-0.39, 0.29) is 49.3 Å². The van der Waals surface area contributed by atoms with Gasteiger partial charge in [0.2, 0.25) is 0 Å². The molecule has 9 nitrogen and oxygen atoms in total. The van der Waals surface area contributed by atoms with Crippen LogP contribution < -0.4 is 10.5 Å². The fourth-order valence-corrected chi connectivity index (χ4v) is 3.21. The Bertz CT molecular complexity index is 1060. The van der Waals surface area contributed by atoms with Crippen molar-refractivity contribution in [2.75, 3.05) is 19.8 Å². The van der Waals surface area contributed by atoms with Gasteiger partial charge in [0.15, 0.2) is 12.4 Å². The first-order valence-corrected chi connectivity index (χ1v) is 9.66. The van der Waals surface area contributed by atoms with Crippen molar-refractivity contribution in [2.24, 2.45) is 10.7 Å². The number of phenols is 1. The summed E-state index contributed by atoms with van der Waals surface area (Å²) in [5.74, 6) is -0.907. The lowest BCUT2D eigenvalue weighted by Gasteiger charge is -2.15. The van der Waals surface area contributed by atoms with E-state index in [4.69, 9.17) is 15.2 Å². The van der Waals surface area contributed by atoms with Crippen LogP contribution in [0.2, 0.25) is 0 Å². The van der Waals surface area contributed by atoms with Crippen molar-refractivity contribution >= 4 is 29.2 Å². The molecule has 1 aliphatic rings. The smallest absolute Gasteiger partial charge is 0.344 e. The lowest BCUT2D eigenvalue weighted by molar-refractivity contribution is -0.145. The molecule has 3 rings (SSSR count). The largest absolute Gasteiger partial charge is 0.507 e. The zero-order valence-electron chi connectivity index (χ0n) is 17.3. The van der Waals surface area contributed by atoms with E-state index in [0.717, 1.165) is 5.56 Å².